The Morgan fingerprint density at radius 2 is 1.80 bits per heavy atom. The second kappa shape index (κ2) is 9.26. The van der Waals surface area contributed by atoms with Crippen LogP contribution in [-0.4, -0.2) is 70.3 Å². The first-order chi connectivity index (χ1) is 17.1. The van der Waals surface area contributed by atoms with E-state index in [0.717, 1.165) is 67.7 Å². The lowest BCUT2D eigenvalue weighted by atomic mass is 9.93. The van der Waals surface area contributed by atoms with Gasteiger partial charge in [0, 0.05) is 62.8 Å². The van der Waals surface area contributed by atoms with Crippen molar-refractivity contribution in [3.63, 3.8) is 0 Å². The van der Waals surface area contributed by atoms with E-state index in [1.54, 1.807) is 25.5 Å². The number of carbonyl (C=O) groups excluding carboxylic acids is 1. The summed E-state index contributed by atoms with van der Waals surface area (Å²) in [6, 6.07) is 6.18. The van der Waals surface area contributed by atoms with Gasteiger partial charge in [-0.1, -0.05) is 0 Å². The summed E-state index contributed by atoms with van der Waals surface area (Å²) in [6.07, 6.45) is 10.5. The molecule has 4 fully saturated rings. The third-order valence-electron chi connectivity index (χ3n) is 7.09. The fourth-order valence-electron chi connectivity index (χ4n) is 5.27. The van der Waals surface area contributed by atoms with Crippen molar-refractivity contribution in [3.8, 4) is 5.75 Å². The number of morpholine rings is 1. The Balaban J connectivity index is 1.12. The van der Waals surface area contributed by atoms with Crippen molar-refractivity contribution in [1.82, 2.24) is 25.3 Å². The maximum absolute atomic E-state index is 11.8. The van der Waals surface area contributed by atoms with Crippen molar-refractivity contribution in [2.75, 3.05) is 30.4 Å². The number of rotatable bonds is 6. The van der Waals surface area contributed by atoms with Crippen LogP contribution < -0.4 is 20.3 Å². The minimum Gasteiger partial charge on any atom is -0.488 e. The maximum atomic E-state index is 11.8. The number of anilines is 2. The molecule has 2 unspecified atom stereocenters. The van der Waals surface area contributed by atoms with Gasteiger partial charge < -0.3 is 25.0 Å². The van der Waals surface area contributed by atoms with Crippen molar-refractivity contribution in [1.29, 1.82) is 0 Å². The molecule has 5 heterocycles. The highest BCUT2D eigenvalue weighted by Crippen LogP contribution is 2.36. The van der Waals surface area contributed by atoms with E-state index in [2.05, 4.69) is 47.6 Å². The zero-order valence-corrected chi connectivity index (χ0v) is 19.7. The molecule has 3 saturated heterocycles. The van der Waals surface area contributed by atoms with Gasteiger partial charge in [0.05, 0.1) is 23.8 Å². The molecule has 182 valence electrons. The van der Waals surface area contributed by atoms with Crippen LogP contribution in [-0.2, 0) is 4.74 Å². The summed E-state index contributed by atoms with van der Waals surface area (Å²) in [5, 5.41) is 6.04. The molecule has 10 nitrogen and oxygen atoms in total. The third kappa shape index (κ3) is 4.58. The molecule has 3 aromatic rings. The predicted octanol–water partition coefficient (Wildman–Crippen LogP) is 2.56. The highest BCUT2D eigenvalue weighted by Gasteiger charge is 2.38. The van der Waals surface area contributed by atoms with Gasteiger partial charge >= 0.3 is 0 Å². The maximum Gasteiger partial charge on any atom is 0.269 e. The first-order valence-electron chi connectivity index (χ1n) is 12.3. The molecule has 4 aliphatic rings. The standard InChI is InChI=1S/C25H29N7O3/c1-26-25(33)21-11-23(30-14-29-21)31-15-2-4-17(5-3-15)35-22-9-16(8-20-24(22)28-7-6-27-20)32-12-18-10-19(13-32)34-18/h6-9,11,14-15,17-19H,2-5,10,12-13H2,1H3,(H,26,33)(H,29,30,31). The second-order valence-corrected chi connectivity index (χ2v) is 9.49. The molecular weight excluding hydrogens is 446 g/mol. The van der Waals surface area contributed by atoms with Crippen molar-refractivity contribution < 1.29 is 14.3 Å². The summed E-state index contributed by atoms with van der Waals surface area (Å²) in [5.74, 6) is 1.24. The van der Waals surface area contributed by atoms with Crippen molar-refractivity contribution in [2.24, 2.45) is 0 Å². The van der Waals surface area contributed by atoms with Gasteiger partial charge in [-0.3, -0.25) is 9.78 Å². The van der Waals surface area contributed by atoms with Gasteiger partial charge in [-0.25, -0.2) is 15.0 Å². The number of piperidine rings is 1. The molecular formula is C25H29N7O3. The van der Waals surface area contributed by atoms with E-state index in [-0.39, 0.29) is 18.1 Å². The minimum absolute atomic E-state index is 0.110. The molecule has 0 spiro atoms. The average molecular weight is 476 g/mol. The highest BCUT2D eigenvalue weighted by atomic mass is 16.5. The largest absolute Gasteiger partial charge is 0.488 e. The van der Waals surface area contributed by atoms with Crippen molar-refractivity contribution >= 4 is 28.4 Å². The number of amides is 1. The van der Waals surface area contributed by atoms with Crippen molar-refractivity contribution in [2.45, 2.75) is 56.5 Å². The molecule has 1 aliphatic carbocycles. The van der Waals surface area contributed by atoms with Crippen LogP contribution in [0.25, 0.3) is 11.0 Å². The third-order valence-corrected chi connectivity index (χ3v) is 7.09. The molecule has 7 rings (SSSR count). The number of hydrogen-bond donors (Lipinski definition) is 2. The summed E-state index contributed by atoms with van der Waals surface area (Å²) in [5.41, 5.74) is 3.13. The lowest BCUT2D eigenvalue weighted by molar-refractivity contribution is -0.133. The SMILES string of the molecule is CNC(=O)c1cc(NC2CCC(Oc3cc(N4CC5CC(C4)O5)cc4nccnc34)CC2)ncn1. The Morgan fingerprint density at radius 3 is 2.57 bits per heavy atom. The number of nitrogens with one attached hydrogen (secondary N) is 2. The molecule has 1 saturated carbocycles. The van der Waals surface area contributed by atoms with Crippen LogP contribution in [0.4, 0.5) is 11.5 Å². The summed E-state index contributed by atoms with van der Waals surface area (Å²) in [7, 11) is 1.59. The number of aromatic nitrogens is 4. The Morgan fingerprint density at radius 1 is 1.03 bits per heavy atom. The van der Waals surface area contributed by atoms with Crippen molar-refractivity contribution in [3.05, 3.63) is 42.6 Å². The van der Waals surface area contributed by atoms with Gasteiger partial charge in [0.2, 0.25) is 0 Å². The van der Waals surface area contributed by atoms with E-state index < -0.39 is 0 Å². The fraction of sp³-hybridized carbons (Fsp3) is 0.480. The number of fused-ring (bicyclic) bond motifs is 3. The van der Waals surface area contributed by atoms with Crippen LogP contribution in [0.5, 0.6) is 5.75 Å². The number of benzene rings is 1. The quantitative estimate of drug-likeness (QED) is 0.555. The number of nitrogens with zero attached hydrogens (tertiary/aromatic N) is 5. The van der Waals surface area contributed by atoms with Gasteiger partial charge in [-0.15, -0.1) is 0 Å². The Hall–Kier alpha value is -3.53. The fourth-order valence-corrected chi connectivity index (χ4v) is 5.27. The van der Waals surface area contributed by atoms with Crippen LogP contribution in [0.2, 0.25) is 0 Å². The first-order valence-corrected chi connectivity index (χ1v) is 12.3. The van der Waals surface area contributed by atoms with Gasteiger partial charge in [0.15, 0.2) is 0 Å². The molecule has 1 amide bonds. The van der Waals surface area contributed by atoms with Gasteiger partial charge in [0.1, 0.15) is 29.1 Å². The van der Waals surface area contributed by atoms with E-state index in [0.29, 0.717) is 23.7 Å². The zero-order chi connectivity index (χ0) is 23.8. The molecule has 2 atom stereocenters. The van der Waals surface area contributed by atoms with Gasteiger partial charge in [-0.05, 0) is 31.7 Å². The normalized spacial score (nSPS) is 25.6. The van der Waals surface area contributed by atoms with Crippen LogP contribution in [0.1, 0.15) is 42.6 Å². The zero-order valence-electron chi connectivity index (χ0n) is 19.7. The minimum atomic E-state index is -0.223. The lowest BCUT2D eigenvalue weighted by Crippen LogP contribution is -2.57. The molecule has 1 aromatic carbocycles. The Labute approximate surface area is 203 Å². The Bertz CT molecular complexity index is 1210. The predicted molar refractivity (Wildman–Crippen MR) is 131 cm³/mol. The topological polar surface area (TPSA) is 114 Å². The molecule has 10 heteroatoms. The summed E-state index contributed by atoms with van der Waals surface area (Å²) in [4.78, 5) is 31.6. The van der Waals surface area contributed by atoms with Gasteiger partial charge in [0.25, 0.3) is 5.91 Å². The number of ether oxygens (including phenoxy) is 2. The first kappa shape index (κ1) is 22.0. The molecule has 2 aromatic heterocycles. The van der Waals surface area contributed by atoms with Crippen LogP contribution >= 0.6 is 0 Å². The van der Waals surface area contributed by atoms with E-state index >= 15 is 0 Å². The molecule has 3 aliphatic heterocycles. The van der Waals surface area contributed by atoms with E-state index in [9.17, 15) is 4.79 Å². The monoisotopic (exact) mass is 475 g/mol. The molecule has 0 radical (unpaired) electrons. The summed E-state index contributed by atoms with van der Waals surface area (Å²) >= 11 is 0. The molecule has 2 bridgehead atoms. The smallest absolute Gasteiger partial charge is 0.269 e. The van der Waals surface area contributed by atoms with E-state index in [1.807, 2.05) is 0 Å². The van der Waals surface area contributed by atoms with E-state index in [1.165, 1.54) is 6.33 Å². The molecule has 2 N–H and O–H groups in total. The van der Waals surface area contributed by atoms with Crippen LogP contribution in [0, 0.1) is 0 Å². The Kier molecular flexibility index (Phi) is 5.81. The second-order valence-electron chi connectivity index (χ2n) is 9.49. The average Bonchev–Trinajstić information content (AvgIpc) is 2.89. The lowest BCUT2D eigenvalue weighted by Gasteiger charge is -2.48. The van der Waals surface area contributed by atoms with E-state index in [4.69, 9.17) is 9.47 Å². The molecule has 35 heavy (non-hydrogen) atoms. The van der Waals surface area contributed by atoms with Crippen LogP contribution in [0.3, 0.4) is 0 Å². The number of carbonyl (C=O) groups is 1. The summed E-state index contributed by atoms with van der Waals surface area (Å²) < 4.78 is 12.3. The highest BCUT2D eigenvalue weighted by molar-refractivity contribution is 5.92. The number of hydrogen-bond acceptors (Lipinski definition) is 9. The van der Waals surface area contributed by atoms with Crippen LogP contribution in [0.15, 0.2) is 36.9 Å². The summed E-state index contributed by atoms with van der Waals surface area (Å²) in [6.45, 7) is 1.81. The van der Waals surface area contributed by atoms with Gasteiger partial charge in [-0.2, -0.15) is 0 Å².